The lowest BCUT2D eigenvalue weighted by molar-refractivity contribution is 0.672. The molecule has 3 heteroatoms. The van der Waals surface area contributed by atoms with E-state index in [0.29, 0.717) is 0 Å². The summed E-state index contributed by atoms with van der Waals surface area (Å²) in [5.41, 5.74) is 0. The van der Waals surface area contributed by atoms with Crippen LogP contribution in [0.1, 0.15) is 32.5 Å². The fourth-order valence-electron chi connectivity index (χ4n) is 1.46. The molecule has 15 heavy (non-hydrogen) atoms. The molecule has 1 N–H and O–H groups in total. The number of hydrogen-bond acceptors (Lipinski definition) is 2. The van der Waals surface area contributed by atoms with Crippen molar-refractivity contribution in [2.24, 2.45) is 0 Å². The van der Waals surface area contributed by atoms with Gasteiger partial charge in [0.25, 0.3) is 0 Å². The van der Waals surface area contributed by atoms with Gasteiger partial charge >= 0.3 is 0 Å². The molecule has 1 aromatic heterocycles. The Bertz CT molecular complexity index is 289. The van der Waals surface area contributed by atoms with Gasteiger partial charge in [0.05, 0.1) is 0 Å². The SMILES string of the molecule is CCCn1ccnc1C=CCCNCC. The average molecular weight is 207 g/mol. The zero-order chi connectivity index (χ0) is 10.9. The normalized spacial score (nSPS) is 11.3. The molecule has 0 fully saturated rings. The highest BCUT2D eigenvalue weighted by molar-refractivity contribution is 5.40. The van der Waals surface area contributed by atoms with Crippen LogP contribution in [0.2, 0.25) is 0 Å². The largest absolute Gasteiger partial charge is 0.332 e. The third kappa shape index (κ3) is 4.30. The predicted molar refractivity (Wildman–Crippen MR) is 64.7 cm³/mol. The highest BCUT2D eigenvalue weighted by Crippen LogP contribution is 2.02. The smallest absolute Gasteiger partial charge is 0.132 e. The Hall–Kier alpha value is -1.09. The van der Waals surface area contributed by atoms with Crippen LogP contribution in [0.4, 0.5) is 0 Å². The van der Waals surface area contributed by atoms with Gasteiger partial charge in [-0.2, -0.15) is 0 Å². The van der Waals surface area contributed by atoms with E-state index >= 15 is 0 Å². The predicted octanol–water partition coefficient (Wildman–Crippen LogP) is 2.31. The highest BCUT2D eigenvalue weighted by atomic mass is 15.0. The summed E-state index contributed by atoms with van der Waals surface area (Å²) in [6.45, 7) is 7.43. The average Bonchev–Trinajstić information content (AvgIpc) is 2.66. The van der Waals surface area contributed by atoms with Gasteiger partial charge < -0.3 is 9.88 Å². The third-order valence-corrected chi connectivity index (χ3v) is 2.22. The quantitative estimate of drug-likeness (QED) is 0.695. The van der Waals surface area contributed by atoms with E-state index in [1.807, 2.05) is 12.4 Å². The van der Waals surface area contributed by atoms with Crippen molar-refractivity contribution in [3.8, 4) is 0 Å². The van der Waals surface area contributed by atoms with Crippen LogP contribution in [0.25, 0.3) is 6.08 Å². The Kier molecular flexibility index (Phi) is 5.78. The van der Waals surface area contributed by atoms with Gasteiger partial charge in [0.15, 0.2) is 0 Å². The standard InChI is InChI=1S/C12H21N3/c1-3-10-15-11-9-14-12(15)7-5-6-8-13-4-2/h5,7,9,11,13H,3-4,6,8,10H2,1-2H3. The van der Waals surface area contributed by atoms with Gasteiger partial charge in [-0.3, -0.25) is 0 Å². The molecule has 0 amide bonds. The van der Waals surface area contributed by atoms with E-state index in [0.717, 1.165) is 38.3 Å². The van der Waals surface area contributed by atoms with Crippen LogP contribution in [0.5, 0.6) is 0 Å². The Morgan fingerprint density at radius 3 is 3.07 bits per heavy atom. The second-order valence-electron chi connectivity index (χ2n) is 3.52. The maximum absolute atomic E-state index is 4.31. The fraction of sp³-hybridized carbons (Fsp3) is 0.583. The molecular formula is C12H21N3. The van der Waals surface area contributed by atoms with Crippen LogP contribution >= 0.6 is 0 Å². The Morgan fingerprint density at radius 1 is 1.47 bits per heavy atom. The van der Waals surface area contributed by atoms with Crippen LogP contribution in [0.3, 0.4) is 0 Å². The molecule has 0 spiro atoms. The summed E-state index contributed by atoms with van der Waals surface area (Å²) in [4.78, 5) is 4.31. The number of imidazole rings is 1. The molecule has 0 unspecified atom stereocenters. The van der Waals surface area contributed by atoms with Crippen molar-refractivity contribution in [3.05, 3.63) is 24.3 Å². The number of hydrogen-bond donors (Lipinski definition) is 1. The molecular weight excluding hydrogens is 186 g/mol. The van der Waals surface area contributed by atoms with Gasteiger partial charge in [0.2, 0.25) is 0 Å². The minimum Gasteiger partial charge on any atom is -0.332 e. The summed E-state index contributed by atoms with van der Waals surface area (Å²) < 4.78 is 2.18. The van der Waals surface area contributed by atoms with Crippen molar-refractivity contribution in [1.82, 2.24) is 14.9 Å². The Labute approximate surface area is 92.2 Å². The first-order valence-corrected chi connectivity index (χ1v) is 5.76. The van der Waals surface area contributed by atoms with Crippen molar-refractivity contribution in [3.63, 3.8) is 0 Å². The van der Waals surface area contributed by atoms with Crippen molar-refractivity contribution < 1.29 is 0 Å². The van der Waals surface area contributed by atoms with Crippen molar-refractivity contribution in [2.45, 2.75) is 33.2 Å². The van der Waals surface area contributed by atoms with Crippen LogP contribution in [-0.2, 0) is 6.54 Å². The van der Waals surface area contributed by atoms with Gasteiger partial charge in [-0.05, 0) is 32.0 Å². The van der Waals surface area contributed by atoms with Gasteiger partial charge in [-0.25, -0.2) is 4.98 Å². The maximum Gasteiger partial charge on any atom is 0.132 e. The summed E-state index contributed by atoms with van der Waals surface area (Å²) in [5, 5.41) is 3.29. The monoisotopic (exact) mass is 207 g/mol. The fourth-order valence-corrected chi connectivity index (χ4v) is 1.46. The van der Waals surface area contributed by atoms with E-state index in [9.17, 15) is 0 Å². The first kappa shape index (κ1) is 12.0. The van der Waals surface area contributed by atoms with E-state index in [1.54, 1.807) is 0 Å². The van der Waals surface area contributed by atoms with Crippen molar-refractivity contribution in [2.75, 3.05) is 13.1 Å². The molecule has 1 heterocycles. The molecule has 0 bridgehead atoms. The van der Waals surface area contributed by atoms with Crippen molar-refractivity contribution >= 4 is 6.08 Å². The maximum atomic E-state index is 4.31. The first-order chi connectivity index (χ1) is 7.38. The van der Waals surface area contributed by atoms with E-state index in [2.05, 4.69) is 40.9 Å². The molecule has 0 aromatic carbocycles. The van der Waals surface area contributed by atoms with Gasteiger partial charge in [-0.15, -0.1) is 0 Å². The molecule has 84 valence electrons. The summed E-state index contributed by atoms with van der Waals surface area (Å²) in [5.74, 6) is 1.06. The van der Waals surface area contributed by atoms with Crippen molar-refractivity contribution in [1.29, 1.82) is 0 Å². The molecule has 0 saturated carbocycles. The summed E-state index contributed by atoms with van der Waals surface area (Å²) >= 11 is 0. The lowest BCUT2D eigenvalue weighted by Gasteiger charge is -2.01. The zero-order valence-corrected chi connectivity index (χ0v) is 9.74. The minimum atomic E-state index is 1.04. The number of aromatic nitrogens is 2. The molecule has 0 radical (unpaired) electrons. The Balaban J connectivity index is 2.38. The van der Waals surface area contributed by atoms with Gasteiger partial charge in [-0.1, -0.05) is 19.9 Å². The topological polar surface area (TPSA) is 29.9 Å². The molecule has 0 aliphatic rings. The van der Waals surface area contributed by atoms with Crippen LogP contribution in [0, 0.1) is 0 Å². The van der Waals surface area contributed by atoms with Gasteiger partial charge in [0.1, 0.15) is 5.82 Å². The van der Waals surface area contributed by atoms with E-state index in [1.165, 1.54) is 0 Å². The number of nitrogens with zero attached hydrogens (tertiary/aromatic N) is 2. The van der Waals surface area contributed by atoms with E-state index in [-0.39, 0.29) is 0 Å². The third-order valence-electron chi connectivity index (χ3n) is 2.22. The van der Waals surface area contributed by atoms with Crippen LogP contribution in [0.15, 0.2) is 18.5 Å². The first-order valence-electron chi connectivity index (χ1n) is 5.76. The Morgan fingerprint density at radius 2 is 2.33 bits per heavy atom. The van der Waals surface area contributed by atoms with Gasteiger partial charge in [0, 0.05) is 18.9 Å². The summed E-state index contributed by atoms with van der Waals surface area (Å²) in [7, 11) is 0. The van der Waals surface area contributed by atoms with E-state index < -0.39 is 0 Å². The van der Waals surface area contributed by atoms with Crippen LogP contribution in [-0.4, -0.2) is 22.6 Å². The minimum absolute atomic E-state index is 1.04. The van der Waals surface area contributed by atoms with Crippen LogP contribution < -0.4 is 5.32 Å². The second kappa shape index (κ2) is 7.23. The summed E-state index contributed by atoms with van der Waals surface area (Å²) in [6, 6.07) is 0. The number of nitrogens with one attached hydrogen (secondary N) is 1. The zero-order valence-electron chi connectivity index (χ0n) is 9.74. The lowest BCUT2D eigenvalue weighted by Crippen LogP contribution is -2.12. The molecule has 1 rings (SSSR count). The molecule has 3 nitrogen and oxygen atoms in total. The molecule has 0 aliphatic carbocycles. The molecule has 0 saturated heterocycles. The van der Waals surface area contributed by atoms with E-state index in [4.69, 9.17) is 0 Å². The molecule has 0 atom stereocenters. The highest BCUT2D eigenvalue weighted by Gasteiger charge is 1.95. The molecule has 1 aromatic rings. The number of aryl methyl sites for hydroxylation is 1. The lowest BCUT2D eigenvalue weighted by atomic mass is 10.3. The molecule has 0 aliphatic heterocycles. The number of rotatable bonds is 7. The summed E-state index contributed by atoms with van der Waals surface area (Å²) in [6.07, 6.45) is 10.4. The second-order valence-corrected chi connectivity index (χ2v) is 3.52.